The van der Waals surface area contributed by atoms with E-state index in [9.17, 15) is 9.90 Å². The Hall–Kier alpha value is -0.840. The minimum absolute atomic E-state index is 0.159. The Morgan fingerprint density at radius 1 is 1.28 bits per heavy atom. The molecule has 0 radical (unpaired) electrons. The summed E-state index contributed by atoms with van der Waals surface area (Å²) in [6.07, 6.45) is 15.7. The predicted octanol–water partition coefficient (Wildman–Crippen LogP) is 4.37. The van der Waals surface area contributed by atoms with Crippen molar-refractivity contribution in [3.8, 4) is 0 Å². The molecule has 0 aromatic carbocycles. The molecule has 4 nitrogen and oxygen atoms in total. The highest BCUT2D eigenvalue weighted by Gasteiger charge is 2.30. The minimum atomic E-state index is -0.736. The molecule has 0 aromatic heterocycles. The van der Waals surface area contributed by atoms with Gasteiger partial charge in [0.15, 0.2) is 0 Å². The lowest BCUT2D eigenvalue weighted by Gasteiger charge is -2.23. The lowest BCUT2D eigenvalue weighted by atomic mass is 10.1. The number of aliphatic carboxylic acids is 1. The molecule has 0 bridgehead atoms. The molecule has 25 heavy (non-hydrogen) atoms. The van der Waals surface area contributed by atoms with Crippen molar-refractivity contribution in [3.05, 3.63) is 24.3 Å². The molecular weight excluding hydrogens is 338 g/mol. The Balaban J connectivity index is 2.30. The van der Waals surface area contributed by atoms with Gasteiger partial charge in [-0.2, -0.15) is 0 Å². The number of hydrogen-bond acceptors (Lipinski definition) is 3. The van der Waals surface area contributed by atoms with Crippen LogP contribution in [0.5, 0.6) is 0 Å². The number of rotatable bonds is 13. The standard InChI is InChI=1S/C20H34ClNO3/c1-2-3-6-10-17(23)11-9-15-22-16-14-18(21)19(22)12-7-4-5-8-13-20(24)25/h4,7,9,11,17-19,23H,2-3,5-6,8,10,12-16H2,1H3,(H,24,25)/b7-4-,11-9+/t17?,18-,19?/m1/s1. The van der Waals surface area contributed by atoms with E-state index in [2.05, 4.69) is 30.1 Å². The van der Waals surface area contributed by atoms with Crippen LogP contribution < -0.4 is 0 Å². The average molecular weight is 372 g/mol. The Morgan fingerprint density at radius 3 is 2.80 bits per heavy atom. The molecule has 1 saturated heterocycles. The van der Waals surface area contributed by atoms with Gasteiger partial charge < -0.3 is 10.2 Å². The summed E-state index contributed by atoms with van der Waals surface area (Å²) >= 11 is 6.45. The highest BCUT2D eigenvalue weighted by molar-refractivity contribution is 6.21. The van der Waals surface area contributed by atoms with Crippen molar-refractivity contribution in [3.63, 3.8) is 0 Å². The number of likely N-dealkylation sites (tertiary alicyclic amines) is 1. The summed E-state index contributed by atoms with van der Waals surface area (Å²) < 4.78 is 0. The summed E-state index contributed by atoms with van der Waals surface area (Å²) in [7, 11) is 0. The van der Waals surface area contributed by atoms with E-state index in [0.717, 1.165) is 45.2 Å². The number of nitrogens with zero attached hydrogens (tertiary/aromatic N) is 1. The van der Waals surface area contributed by atoms with Gasteiger partial charge >= 0.3 is 5.97 Å². The van der Waals surface area contributed by atoms with Crippen molar-refractivity contribution in [2.45, 2.75) is 82.2 Å². The van der Waals surface area contributed by atoms with Crippen LogP contribution in [0, 0.1) is 0 Å². The topological polar surface area (TPSA) is 60.8 Å². The van der Waals surface area contributed by atoms with E-state index in [0.29, 0.717) is 12.5 Å². The Morgan fingerprint density at radius 2 is 2.08 bits per heavy atom. The van der Waals surface area contributed by atoms with Gasteiger partial charge in [0, 0.05) is 25.6 Å². The summed E-state index contributed by atoms with van der Waals surface area (Å²) in [6, 6.07) is 0.319. The molecule has 2 N–H and O–H groups in total. The Bertz CT molecular complexity index is 425. The first kappa shape index (κ1) is 22.2. The number of halogens is 1. The first-order chi connectivity index (χ1) is 12.0. The maximum atomic E-state index is 10.5. The molecule has 1 rings (SSSR count). The van der Waals surface area contributed by atoms with E-state index < -0.39 is 5.97 Å². The van der Waals surface area contributed by atoms with Gasteiger partial charge in [0.1, 0.15) is 0 Å². The number of carboxylic acid groups (broad SMARTS) is 1. The lowest BCUT2D eigenvalue weighted by Crippen LogP contribution is -2.33. The molecule has 5 heteroatoms. The van der Waals surface area contributed by atoms with Crippen LogP contribution in [-0.4, -0.2) is 51.7 Å². The van der Waals surface area contributed by atoms with Crippen molar-refractivity contribution < 1.29 is 15.0 Å². The molecule has 144 valence electrons. The molecule has 0 saturated carbocycles. The number of carbonyl (C=O) groups is 1. The number of aliphatic hydroxyl groups excluding tert-OH is 1. The van der Waals surface area contributed by atoms with Crippen LogP contribution in [-0.2, 0) is 4.79 Å². The largest absolute Gasteiger partial charge is 0.481 e. The number of aliphatic hydroxyl groups is 1. The molecule has 0 spiro atoms. The van der Waals surface area contributed by atoms with E-state index in [-0.39, 0.29) is 17.9 Å². The minimum Gasteiger partial charge on any atom is -0.481 e. The molecule has 3 atom stereocenters. The first-order valence-corrected chi connectivity index (χ1v) is 10.1. The number of unbranched alkanes of at least 4 members (excludes halogenated alkanes) is 3. The second-order valence-corrected chi connectivity index (χ2v) is 7.41. The number of hydrogen-bond donors (Lipinski definition) is 2. The molecule has 0 aromatic rings. The third-order valence-corrected chi connectivity index (χ3v) is 5.19. The Kier molecular flexibility index (Phi) is 11.9. The van der Waals surface area contributed by atoms with Crippen LogP contribution >= 0.6 is 11.6 Å². The molecule has 2 unspecified atom stereocenters. The zero-order valence-corrected chi connectivity index (χ0v) is 16.2. The third kappa shape index (κ3) is 10.0. The fourth-order valence-electron chi connectivity index (χ4n) is 3.18. The van der Waals surface area contributed by atoms with Crippen molar-refractivity contribution in [1.82, 2.24) is 4.90 Å². The van der Waals surface area contributed by atoms with Crippen LogP contribution in [0.15, 0.2) is 24.3 Å². The summed E-state index contributed by atoms with van der Waals surface area (Å²) in [4.78, 5) is 12.8. The fourth-order valence-corrected chi connectivity index (χ4v) is 3.54. The van der Waals surface area contributed by atoms with Gasteiger partial charge in [-0.05, 0) is 32.1 Å². The van der Waals surface area contributed by atoms with E-state index in [1.54, 1.807) is 0 Å². The van der Waals surface area contributed by atoms with Crippen LogP contribution in [0.2, 0.25) is 0 Å². The third-order valence-electron chi connectivity index (χ3n) is 4.69. The fraction of sp³-hybridized carbons (Fsp3) is 0.750. The average Bonchev–Trinajstić information content (AvgIpc) is 2.91. The van der Waals surface area contributed by atoms with Crippen molar-refractivity contribution in [2.24, 2.45) is 0 Å². The first-order valence-electron chi connectivity index (χ1n) is 9.64. The summed E-state index contributed by atoms with van der Waals surface area (Å²) in [5.74, 6) is -0.736. The number of alkyl halides is 1. The second kappa shape index (κ2) is 13.4. The van der Waals surface area contributed by atoms with Gasteiger partial charge in [0.25, 0.3) is 0 Å². The lowest BCUT2D eigenvalue weighted by molar-refractivity contribution is -0.137. The molecule has 1 aliphatic heterocycles. The van der Waals surface area contributed by atoms with Gasteiger partial charge in [-0.25, -0.2) is 0 Å². The molecule has 1 aliphatic rings. The molecule has 1 fully saturated rings. The van der Waals surface area contributed by atoms with E-state index in [4.69, 9.17) is 16.7 Å². The summed E-state index contributed by atoms with van der Waals surface area (Å²) in [5, 5.41) is 18.7. The van der Waals surface area contributed by atoms with Crippen molar-refractivity contribution in [2.75, 3.05) is 13.1 Å². The summed E-state index contributed by atoms with van der Waals surface area (Å²) in [5.41, 5.74) is 0. The van der Waals surface area contributed by atoms with E-state index in [1.807, 2.05) is 6.08 Å². The van der Waals surface area contributed by atoms with Gasteiger partial charge in [-0.3, -0.25) is 9.69 Å². The maximum Gasteiger partial charge on any atom is 0.303 e. The molecule has 1 heterocycles. The molecule has 0 aliphatic carbocycles. The monoisotopic (exact) mass is 371 g/mol. The number of carboxylic acids is 1. The van der Waals surface area contributed by atoms with Crippen molar-refractivity contribution >= 4 is 17.6 Å². The maximum absolute atomic E-state index is 10.5. The SMILES string of the molecule is CCCCCC(O)/C=C/CN1CC[C@@H](Cl)C1C/C=C\CCCC(=O)O. The second-order valence-electron chi connectivity index (χ2n) is 6.85. The zero-order valence-electron chi connectivity index (χ0n) is 15.4. The molecule has 0 amide bonds. The highest BCUT2D eigenvalue weighted by Crippen LogP contribution is 2.25. The van der Waals surface area contributed by atoms with Crippen LogP contribution in [0.3, 0.4) is 0 Å². The Labute approximate surface area is 157 Å². The highest BCUT2D eigenvalue weighted by atomic mass is 35.5. The van der Waals surface area contributed by atoms with Gasteiger partial charge in [0.05, 0.1) is 11.5 Å². The van der Waals surface area contributed by atoms with Crippen LogP contribution in [0.25, 0.3) is 0 Å². The number of allylic oxidation sites excluding steroid dienone is 1. The summed E-state index contributed by atoms with van der Waals surface area (Å²) in [6.45, 7) is 3.98. The quantitative estimate of drug-likeness (QED) is 0.287. The van der Waals surface area contributed by atoms with Gasteiger partial charge in [-0.15, -0.1) is 11.6 Å². The smallest absolute Gasteiger partial charge is 0.303 e. The zero-order chi connectivity index (χ0) is 18.5. The molecular formula is C20H34ClNO3. The van der Waals surface area contributed by atoms with E-state index in [1.165, 1.54) is 12.8 Å². The van der Waals surface area contributed by atoms with Gasteiger partial charge in [-0.1, -0.05) is 50.5 Å². The predicted molar refractivity (Wildman–Crippen MR) is 104 cm³/mol. The normalized spacial score (nSPS) is 23.0. The van der Waals surface area contributed by atoms with Crippen molar-refractivity contribution in [1.29, 1.82) is 0 Å². The van der Waals surface area contributed by atoms with E-state index >= 15 is 0 Å². The van der Waals surface area contributed by atoms with Crippen LogP contribution in [0.1, 0.15) is 64.7 Å². The van der Waals surface area contributed by atoms with Gasteiger partial charge in [0.2, 0.25) is 0 Å². The van der Waals surface area contributed by atoms with Crippen LogP contribution in [0.4, 0.5) is 0 Å².